The molecule has 84 valence electrons. The molecule has 1 rings (SSSR count). The van der Waals surface area contributed by atoms with Crippen molar-refractivity contribution in [3.05, 3.63) is 29.8 Å². The van der Waals surface area contributed by atoms with E-state index in [1.807, 2.05) is 0 Å². The fraction of sp³-hybridized carbons (Fsp3) is 0.455. The van der Waals surface area contributed by atoms with E-state index < -0.39 is 12.5 Å². The molecule has 1 aromatic carbocycles. The van der Waals surface area contributed by atoms with E-state index >= 15 is 0 Å². The van der Waals surface area contributed by atoms with E-state index in [1.54, 1.807) is 23.9 Å². The maximum absolute atomic E-state index is 13.1. The highest BCUT2D eigenvalue weighted by Gasteiger charge is 2.28. The first-order chi connectivity index (χ1) is 6.95. The fourth-order valence-electron chi connectivity index (χ4n) is 1.17. The molecular weight excluding hydrogens is 216 g/mol. The number of alkyl halides is 2. The predicted molar refractivity (Wildman–Crippen MR) is 60.4 cm³/mol. The summed E-state index contributed by atoms with van der Waals surface area (Å²) in [6.07, 6.45) is 0. The zero-order valence-electron chi connectivity index (χ0n) is 8.84. The minimum Gasteiger partial charge on any atom is -0.325 e. The van der Waals surface area contributed by atoms with Crippen LogP contribution in [0.3, 0.4) is 0 Å². The number of thioether (sulfide) groups is 1. The number of hydrogen-bond acceptors (Lipinski definition) is 2. The zero-order chi connectivity index (χ0) is 11.5. The summed E-state index contributed by atoms with van der Waals surface area (Å²) in [5, 5.41) is 0.450. The molecule has 0 heterocycles. The SMILES string of the molecule is CC(C)Sc1ccc(C(F)(F)CN)cc1. The van der Waals surface area contributed by atoms with Gasteiger partial charge < -0.3 is 5.73 Å². The van der Waals surface area contributed by atoms with Gasteiger partial charge in [-0.3, -0.25) is 0 Å². The summed E-state index contributed by atoms with van der Waals surface area (Å²) < 4.78 is 26.3. The van der Waals surface area contributed by atoms with Gasteiger partial charge in [0.05, 0.1) is 6.54 Å². The molecule has 0 aromatic heterocycles. The Kier molecular flexibility index (Phi) is 4.11. The van der Waals surface area contributed by atoms with Gasteiger partial charge in [-0.15, -0.1) is 11.8 Å². The third-order valence-corrected chi connectivity index (χ3v) is 2.92. The van der Waals surface area contributed by atoms with Gasteiger partial charge in [0.2, 0.25) is 0 Å². The molecule has 0 saturated heterocycles. The molecule has 1 aromatic rings. The molecule has 0 fully saturated rings. The van der Waals surface area contributed by atoms with Crippen molar-refractivity contribution in [3.8, 4) is 0 Å². The number of halogens is 2. The van der Waals surface area contributed by atoms with Crippen LogP contribution in [0.25, 0.3) is 0 Å². The molecule has 2 N–H and O–H groups in total. The Bertz CT molecular complexity index is 309. The molecule has 0 bridgehead atoms. The molecule has 1 nitrogen and oxygen atoms in total. The van der Waals surface area contributed by atoms with Gasteiger partial charge in [-0.2, -0.15) is 8.78 Å². The monoisotopic (exact) mass is 231 g/mol. The van der Waals surface area contributed by atoms with E-state index in [1.165, 1.54) is 12.1 Å². The average Bonchev–Trinajstić information content (AvgIpc) is 2.18. The number of benzene rings is 1. The second-order valence-electron chi connectivity index (χ2n) is 3.60. The smallest absolute Gasteiger partial charge is 0.285 e. The van der Waals surface area contributed by atoms with Gasteiger partial charge in [0, 0.05) is 15.7 Å². The van der Waals surface area contributed by atoms with E-state index in [9.17, 15) is 8.78 Å². The lowest BCUT2D eigenvalue weighted by Crippen LogP contribution is -2.24. The molecule has 0 amide bonds. The van der Waals surface area contributed by atoms with Gasteiger partial charge in [-0.1, -0.05) is 26.0 Å². The molecular formula is C11H15F2NS. The Morgan fingerprint density at radius 2 is 1.80 bits per heavy atom. The first kappa shape index (κ1) is 12.5. The average molecular weight is 231 g/mol. The molecule has 0 radical (unpaired) electrons. The molecule has 0 aliphatic heterocycles. The highest BCUT2D eigenvalue weighted by molar-refractivity contribution is 7.99. The maximum Gasteiger partial charge on any atom is 0.285 e. The summed E-state index contributed by atoms with van der Waals surface area (Å²) in [5.74, 6) is -2.92. The van der Waals surface area contributed by atoms with Crippen LogP contribution in [0.15, 0.2) is 29.2 Å². The molecule has 0 aliphatic rings. The number of hydrogen-bond donors (Lipinski definition) is 1. The first-order valence-electron chi connectivity index (χ1n) is 4.81. The van der Waals surface area contributed by atoms with Crippen LogP contribution >= 0.6 is 11.8 Å². The van der Waals surface area contributed by atoms with Crippen LogP contribution in [0.4, 0.5) is 8.78 Å². The lowest BCUT2D eigenvalue weighted by Gasteiger charge is -2.14. The summed E-state index contributed by atoms with van der Waals surface area (Å²) in [6.45, 7) is 3.48. The summed E-state index contributed by atoms with van der Waals surface area (Å²) in [6, 6.07) is 6.31. The van der Waals surface area contributed by atoms with Gasteiger partial charge in [0.1, 0.15) is 0 Å². The van der Waals surface area contributed by atoms with Gasteiger partial charge in [0.25, 0.3) is 5.92 Å². The Labute approximate surface area is 93.1 Å². The van der Waals surface area contributed by atoms with Crippen molar-refractivity contribution in [2.75, 3.05) is 6.54 Å². The van der Waals surface area contributed by atoms with Crippen LogP contribution in [0, 0.1) is 0 Å². The van der Waals surface area contributed by atoms with Crippen molar-refractivity contribution in [1.29, 1.82) is 0 Å². The minimum atomic E-state index is -2.92. The Morgan fingerprint density at radius 1 is 1.27 bits per heavy atom. The second-order valence-corrected chi connectivity index (χ2v) is 5.25. The Hall–Kier alpha value is -0.610. The third-order valence-electron chi connectivity index (χ3n) is 1.90. The summed E-state index contributed by atoms with van der Waals surface area (Å²) >= 11 is 1.65. The zero-order valence-corrected chi connectivity index (χ0v) is 9.65. The Morgan fingerprint density at radius 3 is 2.20 bits per heavy atom. The van der Waals surface area contributed by atoms with E-state index in [2.05, 4.69) is 13.8 Å². The molecule has 0 saturated carbocycles. The minimum absolute atomic E-state index is 0.0156. The third kappa shape index (κ3) is 3.47. The standard InChI is InChI=1S/C11H15F2NS/c1-8(2)15-10-5-3-9(4-6-10)11(12,13)7-14/h3-6,8H,7,14H2,1-2H3. The van der Waals surface area contributed by atoms with Crippen LogP contribution in [0.1, 0.15) is 19.4 Å². The number of rotatable bonds is 4. The quantitative estimate of drug-likeness (QED) is 0.805. The highest BCUT2D eigenvalue weighted by Crippen LogP contribution is 2.29. The van der Waals surface area contributed by atoms with Crippen molar-refractivity contribution >= 4 is 11.8 Å². The fourth-order valence-corrected chi connectivity index (χ4v) is 2.00. The second kappa shape index (κ2) is 4.94. The first-order valence-corrected chi connectivity index (χ1v) is 5.69. The van der Waals surface area contributed by atoms with Crippen molar-refractivity contribution < 1.29 is 8.78 Å². The highest BCUT2D eigenvalue weighted by atomic mass is 32.2. The lowest BCUT2D eigenvalue weighted by molar-refractivity contribution is 0.00590. The van der Waals surface area contributed by atoms with Crippen LogP contribution in [-0.2, 0) is 5.92 Å². The van der Waals surface area contributed by atoms with Crippen LogP contribution in [0.2, 0.25) is 0 Å². The molecule has 0 spiro atoms. The normalized spacial score (nSPS) is 12.1. The molecule has 15 heavy (non-hydrogen) atoms. The van der Waals surface area contributed by atoms with Gasteiger partial charge in [0.15, 0.2) is 0 Å². The van der Waals surface area contributed by atoms with E-state index in [-0.39, 0.29) is 5.56 Å². The van der Waals surface area contributed by atoms with E-state index in [4.69, 9.17) is 5.73 Å². The van der Waals surface area contributed by atoms with Crippen LogP contribution in [0.5, 0.6) is 0 Å². The van der Waals surface area contributed by atoms with E-state index in [0.717, 1.165) is 4.90 Å². The van der Waals surface area contributed by atoms with E-state index in [0.29, 0.717) is 5.25 Å². The van der Waals surface area contributed by atoms with Crippen molar-refractivity contribution in [2.45, 2.75) is 29.9 Å². The van der Waals surface area contributed by atoms with Crippen LogP contribution in [-0.4, -0.2) is 11.8 Å². The van der Waals surface area contributed by atoms with Crippen molar-refractivity contribution in [3.63, 3.8) is 0 Å². The maximum atomic E-state index is 13.1. The van der Waals surface area contributed by atoms with Gasteiger partial charge >= 0.3 is 0 Å². The topological polar surface area (TPSA) is 26.0 Å². The van der Waals surface area contributed by atoms with Gasteiger partial charge in [-0.05, 0) is 12.1 Å². The summed E-state index contributed by atoms with van der Waals surface area (Å²) in [5.41, 5.74) is 4.99. The molecule has 4 heteroatoms. The predicted octanol–water partition coefficient (Wildman–Crippen LogP) is 3.24. The largest absolute Gasteiger partial charge is 0.325 e. The molecule has 0 unspecified atom stereocenters. The van der Waals surface area contributed by atoms with Gasteiger partial charge in [-0.25, -0.2) is 0 Å². The number of nitrogens with two attached hydrogens (primary N) is 1. The Balaban J connectivity index is 2.81. The summed E-state index contributed by atoms with van der Waals surface area (Å²) in [7, 11) is 0. The molecule has 0 aliphatic carbocycles. The molecule has 0 atom stereocenters. The van der Waals surface area contributed by atoms with Crippen molar-refractivity contribution in [2.24, 2.45) is 5.73 Å². The van der Waals surface area contributed by atoms with Crippen LogP contribution < -0.4 is 5.73 Å². The van der Waals surface area contributed by atoms with Crippen molar-refractivity contribution in [1.82, 2.24) is 0 Å². The summed E-state index contributed by atoms with van der Waals surface area (Å²) in [4.78, 5) is 1.00. The lowest BCUT2D eigenvalue weighted by atomic mass is 10.1.